The van der Waals surface area contributed by atoms with E-state index in [2.05, 4.69) is 16.7 Å². The summed E-state index contributed by atoms with van der Waals surface area (Å²) in [6.45, 7) is 3.07. The van der Waals surface area contributed by atoms with Crippen LogP contribution in [0.1, 0.15) is 60.5 Å². The molecule has 0 aromatic heterocycles. The first-order valence-electron chi connectivity index (χ1n) is 9.38. The fourth-order valence-corrected chi connectivity index (χ4v) is 3.91. The number of carbonyl (C=O) groups excluding carboxylic acids is 3. The lowest BCUT2D eigenvalue weighted by atomic mass is 9.87. The molecule has 0 spiro atoms. The number of hydrogen-bond donors (Lipinski definition) is 2. The SMILES string of the molecule is CNCc1ccc2c(c1)CCCCCN(C1(C)CCC(=O)NC1=O)C2=O. The predicted octanol–water partition coefficient (Wildman–Crippen LogP) is 1.77. The molecule has 0 radical (unpaired) electrons. The zero-order valence-corrected chi connectivity index (χ0v) is 15.6. The van der Waals surface area contributed by atoms with Crippen molar-refractivity contribution < 1.29 is 14.4 Å². The zero-order chi connectivity index (χ0) is 18.7. The van der Waals surface area contributed by atoms with Gasteiger partial charge in [0.25, 0.3) is 11.8 Å². The van der Waals surface area contributed by atoms with Crippen LogP contribution >= 0.6 is 0 Å². The molecule has 2 heterocycles. The van der Waals surface area contributed by atoms with Gasteiger partial charge in [-0.25, -0.2) is 0 Å². The summed E-state index contributed by atoms with van der Waals surface area (Å²) in [7, 11) is 1.90. The van der Waals surface area contributed by atoms with Crippen molar-refractivity contribution in [3.8, 4) is 0 Å². The number of nitrogens with one attached hydrogen (secondary N) is 2. The third-order valence-corrected chi connectivity index (χ3v) is 5.53. The largest absolute Gasteiger partial charge is 0.324 e. The van der Waals surface area contributed by atoms with E-state index in [1.807, 2.05) is 19.2 Å². The number of amides is 3. The Balaban J connectivity index is 1.97. The standard InChI is InChI=1S/C20H27N3O3/c1-20(10-9-17(24)22-19(20)26)23-11-5-3-4-6-15-12-14(13-21-2)7-8-16(15)18(23)25/h7-8,12,21H,3-6,9-11,13H2,1-2H3,(H,22,24,26). The van der Waals surface area contributed by atoms with Crippen molar-refractivity contribution in [2.24, 2.45) is 0 Å². The molecule has 2 N–H and O–H groups in total. The molecular weight excluding hydrogens is 330 g/mol. The molecule has 3 amide bonds. The highest BCUT2D eigenvalue weighted by Crippen LogP contribution is 2.30. The lowest BCUT2D eigenvalue weighted by Crippen LogP contribution is -2.63. The van der Waals surface area contributed by atoms with Gasteiger partial charge in [0.2, 0.25) is 5.91 Å². The highest BCUT2D eigenvalue weighted by Gasteiger charge is 2.45. The van der Waals surface area contributed by atoms with Crippen molar-refractivity contribution in [1.82, 2.24) is 15.5 Å². The Kier molecular flexibility index (Phi) is 5.41. The van der Waals surface area contributed by atoms with Crippen LogP contribution in [0.25, 0.3) is 0 Å². The average molecular weight is 357 g/mol. The van der Waals surface area contributed by atoms with Crippen LogP contribution in [0.3, 0.4) is 0 Å². The molecule has 3 rings (SSSR count). The summed E-state index contributed by atoms with van der Waals surface area (Å²) in [6.07, 6.45) is 4.40. The molecule has 26 heavy (non-hydrogen) atoms. The van der Waals surface area contributed by atoms with Gasteiger partial charge in [-0.05, 0) is 56.8 Å². The Morgan fingerprint density at radius 2 is 1.96 bits per heavy atom. The molecule has 6 heteroatoms. The van der Waals surface area contributed by atoms with Crippen LogP contribution in [0.2, 0.25) is 0 Å². The zero-order valence-electron chi connectivity index (χ0n) is 15.6. The van der Waals surface area contributed by atoms with E-state index < -0.39 is 5.54 Å². The Morgan fingerprint density at radius 1 is 1.15 bits per heavy atom. The Labute approximate surface area is 154 Å². The molecule has 1 aromatic carbocycles. The van der Waals surface area contributed by atoms with E-state index in [1.54, 1.807) is 11.8 Å². The first-order chi connectivity index (χ1) is 12.5. The van der Waals surface area contributed by atoms with E-state index in [0.717, 1.165) is 43.4 Å². The van der Waals surface area contributed by atoms with Crippen molar-refractivity contribution in [3.05, 3.63) is 34.9 Å². The van der Waals surface area contributed by atoms with Gasteiger partial charge in [0.1, 0.15) is 5.54 Å². The Morgan fingerprint density at radius 3 is 2.69 bits per heavy atom. The molecular formula is C20H27N3O3. The normalized spacial score (nSPS) is 24.4. The van der Waals surface area contributed by atoms with Gasteiger partial charge in [0.15, 0.2) is 0 Å². The number of imide groups is 1. The Bertz CT molecular complexity index is 731. The minimum atomic E-state index is -0.976. The second kappa shape index (κ2) is 7.58. The molecule has 0 saturated carbocycles. The van der Waals surface area contributed by atoms with Crippen molar-refractivity contribution >= 4 is 17.7 Å². The summed E-state index contributed by atoms with van der Waals surface area (Å²) >= 11 is 0. The van der Waals surface area contributed by atoms with E-state index in [1.165, 1.54) is 0 Å². The third-order valence-electron chi connectivity index (χ3n) is 5.53. The van der Waals surface area contributed by atoms with E-state index >= 15 is 0 Å². The minimum Gasteiger partial charge on any atom is -0.324 e. The van der Waals surface area contributed by atoms with Gasteiger partial charge in [0.05, 0.1) is 0 Å². The summed E-state index contributed by atoms with van der Waals surface area (Å²) in [5.74, 6) is -0.735. The van der Waals surface area contributed by atoms with Crippen molar-refractivity contribution in [2.45, 2.75) is 57.5 Å². The van der Waals surface area contributed by atoms with Gasteiger partial charge < -0.3 is 10.2 Å². The highest BCUT2D eigenvalue weighted by atomic mass is 16.2. The lowest BCUT2D eigenvalue weighted by molar-refractivity contribution is -0.142. The molecule has 0 aliphatic carbocycles. The topological polar surface area (TPSA) is 78.5 Å². The van der Waals surface area contributed by atoms with Gasteiger partial charge >= 0.3 is 0 Å². The van der Waals surface area contributed by atoms with Crippen LogP contribution in [-0.2, 0) is 22.6 Å². The van der Waals surface area contributed by atoms with Crippen molar-refractivity contribution in [2.75, 3.05) is 13.6 Å². The third kappa shape index (κ3) is 3.51. The first kappa shape index (κ1) is 18.6. The molecule has 1 fully saturated rings. The quantitative estimate of drug-likeness (QED) is 0.808. The molecule has 1 saturated heterocycles. The van der Waals surface area contributed by atoms with Crippen LogP contribution in [-0.4, -0.2) is 41.8 Å². The summed E-state index contributed by atoms with van der Waals surface area (Å²) in [5.41, 5.74) is 1.90. The fourth-order valence-electron chi connectivity index (χ4n) is 3.91. The molecule has 1 aromatic rings. The molecule has 2 aliphatic heterocycles. The van der Waals surface area contributed by atoms with Crippen LogP contribution in [0.15, 0.2) is 18.2 Å². The summed E-state index contributed by atoms with van der Waals surface area (Å²) in [6, 6.07) is 5.95. The average Bonchev–Trinajstić information content (AvgIpc) is 2.68. The minimum absolute atomic E-state index is 0.107. The molecule has 1 unspecified atom stereocenters. The number of rotatable bonds is 3. The smallest absolute Gasteiger partial charge is 0.255 e. The maximum absolute atomic E-state index is 13.4. The fraction of sp³-hybridized carbons (Fsp3) is 0.550. The molecule has 6 nitrogen and oxygen atoms in total. The maximum atomic E-state index is 13.4. The van der Waals surface area contributed by atoms with E-state index in [9.17, 15) is 14.4 Å². The number of hydrogen-bond acceptors (Lipinski definition) is 4. The number of aryl methyl sites for hydroxylation is 1. The molecule has 1 atom stereocenters. The van der Waals surface area contributed by atoms with Crippen LogP contribution < -0.4 is 10.6 Å². The molecule has 0 bridgehead atoms. The van der Waals surface area contributed by atoms with Gasteiger partial charge in [0, 0.05) is 25.1 Å². The van der Waals surface area contributed by atoms with E-state index in [4.69, 9.17) is 0 Å². The van der Waals surface area contributed by atoms with E-state index in [-0.39, 0.29) is 24.1 Å². The second-order valence-electron chi connectivity index (χ2n) is 7.44. The van der Waals surface area contributed by atoms with Crippen LogP contribution in [0, 0.1) is 0 Å². The molecule has 140 valence electrons. The maximum Gasteiger partial charge on any atom is 0.255 e. The van der Waals surface area contributed by atoms with Gasteiger partial charge in [-0.15, -0.1) is 0 Å². The number of nitrogens with zero attached hydrogens (tertiary/aromatic N) is 1. The van der Waals surface area contributed by atoms with Crippen LogP contribution in [0.5, 0.6) is 0 Å². The monoisotopic (exact) mass is 357 g/mol. The van der Waals surface area contributed by atoms with Gasteiger partial charge in [-0.1, -0.05) is 18.6 Å². The number of fused-ring (bicyclic) bond motifs is 1. The molecule has 2 aliphatic rings. The first-order valence-corrected chi connectivity index (χ1v) is 9.38. The van der Waals surface area contributed by atoms with Crippen molar-refractivity contribution in [3.63, 3.8) is 0 Å². The summed E-state index contributed by atoms with van der Waals surface area (Å²) < 4.78 is 0. The number of carbonyl (C=O) groups is 3. The van der Waals surface area contributed by atoms with Gasteiger partial charge in [-0.3, -0.25) is 19.7 Å². The van der Waals surface area contributed by atoms with Crippen molar-refractivity contribution in [1.29, 1.82) is 0 Å². The second-order valence-corrected chi connectivity index (χ2v) is 7.44. The van der Waals surface area contributed by atoms with Crippen LogP contribution in [0.4, 0.5) is 0 Å². The Hall–Kier alpha value is -2.21. The lowest BCUT2D eigenvalue weighted by Gasteiger charge is -2.42. The number of benzene rings is 1. The number of piperidine rings is 1. The predicted molar refractivity (Wildman–Crippen MR) is 98.6 cm³/mol. The summed E-state index contributed by atoms with van der Waals surface area (Å²) in [4.78, 5) is 39.2. The van der Waals surface area contributed by atoms with E-state index in [0.29, 0.717) is 18.5 Å². The van der Waals surface area contributed by atoms with Gasteiger partial charge in [-0.2, -0.15) is 0 Å². The highest BCUT2D eigenvalue weighted by molar-refractivity contribution is 6.06. The summed E-state index contributed by atoms with van der Waals surface area (Å²) in [5, 5.41) is 5.55.